The molecule has 1 aliphatic heterocycles. The van der Waals surface area contributed by atoms with Gasteiger partial charge in [0.2, 0.25) is 11.7 Å². The van der Waals surface area contributed by atoms with E-state index in [1.807, 2.05) is 0 Å². The third-order valence-electron chi connectivity index (χ3n) is 5.59. The zero-order chi connectivity index (χ0) is 27.7. The topological polar surface area (TPSA) is 127 Å². The number of halogens is 6. The van der Waals surface area contributed by atoms with Crippen LogP contribution in [0.2, 0.25) is 0 Å². The first-order chi connectivity index (χ1) is 17.1. The molecular weight excluding hydrogens is 532 g/mol. The minimum Gasteiger partial charge on any atom is -0.350 e. The molecule has 9 nitrogen and oxygen atoms in total. The summed E-state index contributed by atoms with van der Waals surface area (Å²) in [5.74, 6) is -7.17. The van der Waals surface area contributed by atoms with Gasteiger partial charge in [0, 0.05) is 44.4 Å². The third kappa shape index (κ3) is 7.00. The Morgan fingerprint density at radius 3 is 2.41 bits per heavy atom. The summed E-state index contributed by atoms with van der Waals surface area (Å²) in [5, 5.41) is 2.21. The number of hydrogen-bond acceptors (Lipinski definition) is 6. The van der Waals surface area contributed by atoms with Crippen molar-refractivity contribution in [1.29, 1.82) is 0 Å². The molecule has 3 N–H and O–H groups in total. The Morgan fingerprint density at radius 1 is 1.14 bits per heavy atom. The Morgan fingerprint density at radius 2 is 1.78 bits per heavy atom. The van der Waals surface area contributed by atoms with Gasteiger partial charge in [-0.1, -0.05) is 0 Å². The molecule has 16 heteroatoms. The van der Waals surface area contributed by atoms with Crippen molar-refractivity contribution in [3.8, 4) is 0 Å². The fraction of sp³-hybridized carbons (Fsp3) is 0.476. The van der Waals surface area contributed by atoms with Crippen LogP contribution in [-0.2, 0) is 40.3 Å². The molecule has 2 aromatic rings. The van der Waals surface area contributed by atoms with Gasteiger partial charge in [-0.05, 0) is 18.1 Å². The van der Waals surface area contributed by atoms with Gasteiger partial charge in [0.1, 0.15) is 15.7 Å². The van der Waals surface area contributed by atoms with Crippen molar-refractivity contribution in [3.05, 3.63) is 52.4 Å². The van der Waals surface area contributed by atoms with E-state index in [1.54, 1.807) is 0 Å². The summed E-state index contributed by atoms with van der Waals surface area (Å²) in [6, 6.07) is -0.0451. The Labute approximate surface area is 207 Å². The van der Waals surface area contributed by atoms with Crippen molar-refractivity contribution in [2.45, 2.75) is 38.1 Å². The second-order valence-corrected chi connectivity index (χ2v) is 10.9. The standard InChI is InChI=1S/C21H23F6N5O4S/c1-37(35,36)5-2-29-19(34)18-16-10-31(3-4-32(16)20(30-18)21(25,26)27)17(33)8-12(28)6-11-7-14(23)15(24)9-13(11)22/h7,9,12H,2-6,8,10,28H2,1H3,(H,29,34)/t12-/m1/s1. The second kappa shape index (κ2) is 10.7. The Balaban J connectivity index is 1.75. The SMILES string of the molecule is CS(=O)(=O)CCNC(=O)c1nc(C(F)(F)F)n2c1CN(C(=O)C[C@H](N)Cc1cc(F)c(F)cc1F)CC2. The lowest BCUT2D eigenvalue weighted by Crippen LogP contribution is -2.42. The second-order valence-electron chi connectivity index (χ2n) is 8.61. The van der Waals surface area contributed by atoms with E-state index in [-0.39, 0.29) is 37.3 Å². The van der Waals surface area contributed by atoms with Crippen LogP contribution in [0.4, 0.5) is 26.3 Å². The van der Waals surface area contributed by atoms with Gasteiger partial charge in [0.15, 0.2) is 17.3 Å². The van der Waals surface area contributed by atoms with E-state index in [1.165, 1.54) is 0 Å². The van der Waals surface area contributed by atoms with E-state index in [0.29, 0.717) is 12.1 Å². The summed E-state index contributed by atoms with van der Waals surface area (Å²) in [6.45, 7) is -1.30. The molecule has 0 spiro atoms. The average Bonchev–Trinajstić information content (AvgIpc) is 3.16. The monoisotopic (exact) mass is 555 g/mol. The first kappa shape index (κ1) is 28.4. The van der Waals surface area contributed by atoms with Crippen LogP contribution in [0.15, 0.2) is 12.1 Å². The van der Waals surface area contributed by atoms with Crippen molar-refractivity contribution in [3.63, 3.8) is 0 Å². The summed E-state index contributed by atoms with van der Waals surface area (Å²) in [5.41, 5.74) is 4.82. The fourth-order valence-electron chi connectivity index (χ4n) is 3.84. The summed E-state index contributed by atoms with van der Waals surface area (Å²) in [7, 11) is -3.45. The van der Waals surface area contributed by atoms with Gasteiger partial charge in [0.05, 0.1) is 18.0 Å². The van der Waals surface area contributed by atoms with Crippen molar-refractivity contribution < 1.29 is 44.3 Å². The maximum Gasteiger partial charge on any atom is 0.449 e. The molecular formula is C21H23F6N5O4S. The molecule has 0 saturated heterocycles. The van der Waals surface area contributed by atoms with Crippen LogP contribution in [0.5, 0.6) is 0 Å². The fourth-order valence-corrected chi connectivity index (χ4v) is 4.31. The summed E-state index contributed by atoms with van der Waals surface area (Å²) < 4.78 is 104. The molecule has 0 radical (unpaired) electrons. The van der Waals surface area contributed by atoms with E-state index in [2.05, 4.69) is 10.3 Å². The minimum absolute atomic E-state index is 0.174. The van der Waals surface area contributed by atoms with Crippen LogP contribution < -0.4 is 11.1 Å². The molecule has 1 aromatic carbocycles. The lowest BCUT2D eigenvalue weighted by Gasteiger charge is -2.30. The van der Waals surface area contributed by atoms with Crippen molar-refractivity contribution >= 4 is 21.7 Å². The molecule has 37 heavy (non-hydrogen) atoms. The molecule has 0 fully saturated rings. The van der Waals surface area contributed by atoms with Crippen molar-refractivity contribution in [1.82, 2.24) is 19.8 Å². The Bertz CT molecular complexity index is 1310. The molecule has 0 bridgehead atoms. The smallest absolute Gasteiger partial charge is 0.350 e. The number of carbonyl (C=O) groups excluding carboxylic acids is 2. The number of fused-ring (bicyclic) bond motifs is 1. The quantitative estimate of drug-likeness (QED) is 0.375. The number of sulfone groups is 1. The van der Waals surface area contributed by atoms with E-state index in [4.69, 9.17) is 5.73 Å². The first-order valence-electron chi connectivity index (χ1n) is 10.9. The highest BCUT2D eigenvalue weighted by Crippen LogP contribution is 2.32. The highest BCUT2D eigenvalue weighted by Gasteiger charge is 2.41. The summed E-state index contributed by atoms with van der Waals surface area (Å²) >= 11 is 0. The molecule has 3 rings (SSSR count). The predicted octanol–water partition coefficient (Wildman–Crippen LogP) is 1.40. The number of carbonyl (C=O) groups is 2. The number of alkyl halides is 3. The van der Waals surface area contributed by atoms with E-state index in [9.17, 15) is 44.3 Å². The molecule has 1 aromatic heterocycles. The summed E-state index contributed by atoms with van der Waals surface area (Å²) in [6.07, 6.45) is -4.68. The van der Waals surface area contributed by atoms with Gasteiger partial charge in [-0.2, -0.15) is 13.2 Å². The zero-order valence-electron chi connectivity index (χ0n) is 19.4. The average molecular weight is 556 g/mol. The van der Waals surface area contributed by atoms with E-state index < -0.39 is 81.6 Å². The number of nitrogens with two attached hydrogens (primary N) is 1. The molecule has 0 saturated carbocycles. The number of aromatic nitrogens is 2. The molecule has 0 unspecified atom stereocenters. The number of nitrogens with zero attached hydrogens (tertiary/aromatic N) is 3. The van der Waals surface area contributed by atoms with E-state index >= 15 is 0 Å². The van der Waals surface area contributed by atoms with Gasteiger partial charge >= 0.3 is 6.18 Å². The lowest BCUT2D eigenvalue weighted by atomic mass is 10.0. The molecule has 2 heterocycles. The van der Waals surface area contributed by atoms with Gasteiger partial charge in [-0.25, -0.2) is 26.6 Å². The van der Waals surface area contributed by atoms with Crippen molar-refractivity contribution in [2.24, 2.45) is 5.73 Å². The number of amides is 2. The maximum absolute atomic E-state index is 13.9. The predicted molar refractivity (Wildman–Crippen MR) is 117 cm³/mol. The zero-order valence-corrected chi connectivity index (χ0v) is 20.2. The van der Waals surface area contributed by atoms with Gasteiger partial charge in [0.25, 0.3) is 5.91 Å². The largest absolute Gasteiger partial charge is 0.449 e. The number of benzene rings is 1. The summed E-state index contributed by atoms with van der Waals surface area (Å²) in [4.78, 5) is 29.9. The molecule has 204 valence electrons. The highest BCUT2D eigenvalue weighted by atomic mass is 32.2. The number of imidazole rings is 1. The Hall–Kier alpha value is -3.14. The van der Waals surface area contributed by atoms with E-state index in [0.717, 1.165) is 15.7 Å². The number of rotatable bonds is 8. The van der Waals surface area contributed by atoms with Crippen LogP contribution in [0.1, 0.15) is 34.0 Å². The van der Waals surface area contributed by atoms with Crippen LogP contribution in [0.25, 0.3) is 0 Å². The maximum atomic E-state index is 13.9. The van der Waals surface area contributed by atoms with Gasteiger partial charge < -0.3 is 20.5 Å². The van der Waals surface area contributed by atoms with Crippen LogP contribution >= 0.6 is 0 Å². The van der Waals surface area contributed by atoms with Crippen LogP contribution in [0.3, 0.4) is 0 Å². The molecule has 2 amide bonds. The third-order valence-corrected chi connectivity index (χ3v) is 6.54. The molecule has 1 aliphatic rings. The molecule has 1 atom stereocenters. The highest BCUT2D eigenvalue weighted by molar-refractivity contribution is 7.90. The molecule has 0 aliphatic carbocycles. The van der Waals surface area contributed by atoms with Crippen LogP contribution in [0, 0.1) is 17.5 Å². The van der Waals surface area contributed by atoms with Gasteiger partial charge in [-0.3, -0.25) is 9.59 Å². The van der Waals surface area contributed by atoms with Crippen LogP contribution in [-0.4, -0.2) is 65.8 Å². The Kier molecular flexibility index (Phi) is 8.21. The normalized spacial score (nSPS) is 14.9. The van der Waals surface area contributed by atoms with Gasteiger partial charge in [-0.15, -0.1) is 0 Å². The minimum atomic E-state index is -4.90. The van der Waals surface area contributed by atoms with Crippen molar-refractivity contribution in [2.75, 3.05) is 25.1 Å². The first-order valence-corrected chi connectivity index (χ1v) is 12.9. The lowest BCUT2D eigenvalue weighted by molar-refractivity contribution is -0.148. The number of hydrogen-bond donors (Lipinski definition) is 2. The number of nitrogens with one attached hydrogen (secondary N) is 1.